The summed E-state index contributed by atoms with van der Waals surface area (Å²) < 4.78 is 1.87. The van der Waals surface area contributed by atoms with E-state index in [9.17, 15) is 0 Å². The monoisotopic (exact) mass is 190 g/mol. The van der Waals surface area contributed by atoms with Crippen molar-refractivity contribution in [3.63, 3.8) is 0 Å². The first-order valence-electron chi connectivity index (χ1n) is 5.18. The zero-order valence-corrected chi connectivity index (χ0v) is 9.20. The lowest BCUT2D eigenvalue weighted by molar-refractivity contribution is 0.886. The quantitative estimate of drug-likeness (QED) is 0.673. The summed E-state index contributed by atoms with van der Waals surface area (Å²) in [6.07, 6.45) is 6.39. The van der Waals surface area contributed by atoms with Crippen LogP contribution in [-0.2, 0) is 0 Å². The third-order valence-electron chi connectivity index (χ3n) is 2.15. The fourth-order valence-corrected chi connectivity index (χ4v) is 1.09. The van der Waals surface area contributed by atoms with E-state index in [4.69, 9.17) is 0 Å². The van der Waals surface area contributed by atoms with Crippen molar-refractivity contribution in [2.24, 2.45) is 0 Å². The number of aromatic nitrogens is 2. The minimum atomic E-state index is 1.18. The fraction of sp³-hybridized carbons (Fsp3) is 0.417. The molecule has 0 aliphatic rings. The van der Waals surface area contributed by atoms with E-state index in [1.54, 1.807) is 0 Å². The first-order chi connectivity index (χ1) is 6.79. The molecular weight excluding hydrogens is 172 g/mol. The first-order valence-corrected chi connectivity index (χ1v) is 5.18. The van der Waals surface area contributed by atoms with E-state index in [-0.39, 0.29) is 0 Å². The maximum Gasteiger partial charge on any atom is 0.0675 e. The van der Waals surface area contributed by atoms with Crippen LogP contribution in [0.1, 0.15) is 32.3 Å². The smallest absolute Gasteiger partial charge is 0.0675 e. The molecule has 2 aromatic heterocycles. The number of nitrogens with zero attached hydrogens (tertiary/aromatic N) is 2. The van der Waals surface area contributed by atoms with Gasteiger partial charge in [-0.25, -0.2) is 4.52 Å². The third-order valence-corrected chi connectivity index (χ3v) is 2.15. The van der Waals surface area contributed by atoms with Crippen LogP contribution >= 0.6 is 0 Å². The first kappa shape index (κ1) is 10.8. The Bertz CT molecular complexity index is 374. The largest absolute Gasteiger partial charge is 0.241 e. The zero-order chi connectivity index (χ0) is 10.4. The Morgan fingerprint density at radius 1 is 1.21 bits per heavy atom. The Balaban J connectivity index is 0.000000213. The van der Waals surface area contributed by atoms with Gasteiger partial charge in [0.2, 0.25) is 0 Å². The van der Waals surface area contributed by atoms with E-state index in [1.165, 1.54) is 23.9 Å². The highest BCUT2D eigenvalue weighted by atomic mass is 15.2. The molecule has 0 saturated heterocycles. The zero-order valence-electron chi connectivity index (χ0n) is 9.20. The average Bonchev–Trinajstić information content (AvgIpc) is 2.68. The molecular formula is C12H18N2. The van der Waals surface area contributed by atoms with Gasteiger partial charge in [-0.15, -0.1) is 0 Å². The minimum Gasteiger partial charge on any atom is -0.241 e. The molecule has 2 nitrogen and oxygen atoms in total. The van der Waals surface area contributed by atoms with Gasteiger partial charge >= 0.3 is 0 Å². The van der Waals surface area contributed by atoms with Crippen LogP contribution < -0.4 is 0 Å². The van der Waals surface area contributed by atoms with E-state index in [0.29, 0.717) is 0 Å². The standard InChI is InChI=1S/C8H8N2.C4H10/c1-7-4-5-9-10-6-2-3-8(7)10;1-3-4-2/h2-6H,1H3;3-4H2,1-2H3. The number of hydrogen-bond acceptors (Lipinski definition) is 1. The van der Waals surface area contributed by atoms with Gasteiger partial charge in [-0.05, 0) is 30.7 Å². The van der Waals surface area contributed by atoms with Gasteiger partial charge in [0.25, 0.3) is 0 Å². The molecule has 2 heterocycles. The summed E-state index contributed by atoms with van der Waals surface area (Å²) in [5.74, 6) is 0. The maximum atomic E-state index is 4.12. The molecule has 0 aliphatic heterocycles. The SMILES string of the molecule is CCCC.Cc1ccnn2cccc12. The van der Waals surface area contributed by atoms with Crippen molar-refractivity contribution in [3.8, 4) is 0 Å². The van der Waals surface area contributed by atoms with Crippen molar-refractivity contribution in [1.29, 1.82) is 0 Å². The highest BCUT2D eigenvalue weighted by Crippen LogP contribution is 2.06. The molecule has 0 spiro atoms. The van der Waals surface area contributed by atoms with Crippen molar-refractivity contribution in [1.82, 2.24) is 9.61 Å². The molecule has 76 valence electrons. The van der Waals surface area contributed by atoms with E-state index in [1.807, 2.05) is 29.0 Å². The molecule has 0 aromatic carbocycles. The fourth-order valence-electron chi connectivity index (χ4n) is 1.09. The number of fused-ring (bicyclic) bond motifs is 1. The molecule has 0 radical (unpaired) electrons. The van der Waals surface area contributed by atoms with Crippen LogP contribution in [0.2, 0.25) is 0 Å². The molecule has 14 heavy (non-hydrogen) atoms. The van der Waals surface area contributed by atoms with Crippen molar-refractivity contribution >= 4 is 5.52 Å². The summed E-state index contributed by atoms with van der Waals surface area (Å²) in [6.45, 7) is 6.44. The molecule has 0 amide bonds. The molecule has 0 N–H and O–H groups in total. The van der Waals surface area contributed by atoms with Gasteiger partial charge in [-0.1, -0.05) is 26.7 Å². The topological polar surface area (TPSA) is 17.3 Å². The second-order valence-corrected chi connectivity index (χ2v) is 3.35. The van der Waals surface area contributed by atoms with Crippen LogP contribution in [0.25, 0.3) is 5.52 Å². The van der Waals surface area contributed by atoms with Crippen LogP contribution in [0.15, 0.2) is 30.6 Å². The number of aryl methyl sites for hydroxylation is 1. The molecule has 2 aromatic rings. The molecule has 0 bridgehead atoms. The molecule has 0 saturated carbocycles. The molecule has 2 heteroatoms. The molecule has 0 atom stereocenters. The normalized spacial score (nSPS) is 9.64. The van der Waals surface area contributed by atoms with E-state index >= 15 is 0 Å². The van der Waals surface area contributed by atoms with E-state index < -0.39 is 0 Å². The van der Waals surface area contributed by atoms with Gasteiger partial charge in [0.15, 0.2) is 0 Å². The molecule has 2 rings (SSSR count). The van der Waals surface area contributed by atoms with Crippen molar-refractivity contribution in [2.45, 2.75) is 33.6 Å². The van der Waals surface area contributed by atoms with Gasteiger partial charge < -0.3 is 0 Å². The molecule has 0 unspecified atom stereocenters. The summed E-state index contributed by atoms with van der Waals surface area (Å²) in [4.78, 5) is 0. The lowest BCUT2D eigenvalue weighted by atomic mass is 10.3. The van der Waals surface area contributed by atoms with Crippen molar-refractivity contribution in [3.05, 3.63) is 36.2 Å². The maximum absolute atomic E-state index is 4.12. The van der Waals surface area contributed by atoms with Crippen LogP contribution in [0.5, 0.6) is 0 Å². The summed E-state index contributed by atoms with van der Waals surface area (Å²) in [7, 11) is 0. The number of rotatable bonds is 1. The van der Waals surface area contributed by atoms with Gasteiger partial charge in [0.05, 0.1) is 5.52 Å². The highest BCUT2D eigenvalue weighted by Gasteiger charge is 1.92. The van der Waals surface area contributed by atoms with Crippen LogP contribution in [0.3, 0.4) is 0 Å². The Morgan fingerprint density at radius 3 is 2.50 bits per heavy atom. The van der Waals surface area contributed by atoms with Crippen LogP contribution in [0.4, 0.5) is 0 Å². The van der Waals surface area contributed by atoms with Gasteiger partial charge in [-0.3, -0.25) is 0 Å². The van der Waals surface area contributed by atoms with Crippen LogP contribution in [0, 0.1) is 6.92 Å². The number of hydrogen-bond donors (Lipinski definition) is 0. The number of unbranched alkanes of at least 4 members (excludes halogenated alkanes) is 1. The lowest BCUT2D eigenvalue weighted by Gasteiger charge is -1.94. The molecule has 0 fully saturated rings. The Labute approximate surface area is 85.6 Å². The lowest BCUT2D eigenvalue weighted by Crippen LogP contribution is -1.88. The summed E-state index contributed by atoms with van der Waals surface area (Å²) >= 11 is 0. The second-order valence-electron chi connectivity index (χ2n) is 3.35. The Kier molecular flexibility index (Phi) is 4.17. The minimum absolute atomic E-state index is 1.18. The van der Waals surface area contributed by atoms with Crippen LogP contribution in [-0.4, -0.2) is 9.61 Å². The second kappa shape index (κ2) is 5.43. The summed E-state index contributed by atoms with van der Waals surface area (Å²) in [6, 6.07) is 6.06. The van der Waals surface area contributed by atoms with Crippen molar-refractivity contribution < 1.29 is 0 Å². The summed E-state index contributed by atoms with van der Waals surface area (Å²) in [5, 5.41) is 4.12. The predicted octanol–water partition coefficient (Wildman–Crippen LogP) is 3.45. The predicted molar refractivity (Wildman–Crippen MR) is 60.5 cm³/mol. The summed E-state index contributed by atoms with van der Waals surface area (Å²) in [5.41, 5.74) is 2.45. The van der Waals surface area contributed by atoms with Gasteiger partial charge in [0.1, 0.15) is 0 Å². The third kappa shape index (κ3) is 2.59. The Morgan fingerprint density at radius 2 is 1.93 bits per heavy atom. The highest BCUT2D eigenvalue weighted by molar-refractivity contribution is 5.52. The van der Waals surface area contributed by atoms with Gasteiger partial charge in [0, 0.05) is 12.4 Å². The van der Waals surface area contributed by atoms with E-state index in [0.717, 1.165) is 0 Å². The van der Waals surface area contributed by atoms with Crippen molar-refractivity contribution in [2.75, 3.05) is 0 Å². The molecule has 0 aliphatic carbocycles. The van der Waals surface area contributed by atoms with Gasteiger partial charge in [-0.2, -0.15) is 5.10 Å². The average molecular weight is 190 g/mol. The Hall–Kier alpha value is -1.31. The van der Waals surface area contributed by atoms with E-state index in [2.05, 4.69) is 31.9 Å².